The van der Waals surface area contributed by atoms with Gasteiger partial charge in [0.05, 0.1) is 13.2 Å². The molecule has 0 aromatic heterocycles. The van der Waals surface area contributed by atoms with Gasteiger partial charge in [0, 0.05) is 19.0 Å². The lowest BCUT2D eigenvalue weighted by Gasteiger charge is -2.26. The first-order chi connectivity index (χ1) is 10.2. The van der Waals surface area contributed by atoms with Crippen LogP contribution in [0.15, 0.2) is 24.3 Å². The van der Waals surface area contributed by atoms with Gasteiger partial charge in [-0.25, -0.2) is 0 Å². The maximum Gasteiger partial charge on any atom is 0.224 e. The maximum atomic E-state index is 12.5. The molecule has 0 bridgehead atoms. The highest BCUT2D eigenvalue weighted by atomic mass is 16.5. The van der Waals surface area contributed by atoms with Crippen LogP contribution in [0.25, 0.3) is 0 Å². The molecule has 21 heavy (non-hydrogen) atoms. The van der Waals surface area contributed by atoms with E-state index in [0.29, 0.717) is 12.3 Å². The smallest absolute Gasteiger partial charge is 0.224 e. The molecular formula is C17H24N2O2. The summed E-state index contributed by atoms with van der Waals surface area (Å²) in [6, 6.07) is 8.31. The van der Waals surface area contributed by atoms with Crippen molar-refractivity contribution in [3.63, 3.8) is 0 Å². The minimum atomic E-state index is 0.0506. The van der Waals surface area contributed by atoms with Crippen molar-refractivity contribution in [3.05, 3.63) is 29.8 Å². The number of hydrogen-bond donors (Lipinski definition) is 1. The van der Waals surface area contributed by atoms with Gasteiger partial charge in [-0.3, -0.25) is 4.79 Å². The number of rotatable bonds is 5. The summed E-state index contributed by atoms with van der Waals surface area (Å²) in [5.74, 6) is 1.65. The molecule has 1 aromatic carbocycles. The lowest BCUT2D eigenvalue weighted by molar-refractivity contribution is -0.132. The Kier molecular flexibility index (Phi) is 4.15. The SMILES string of the molecule is COc1ccc(C2CCCN2C(=O)CC(N)C2CC2)cc1. The molecule has 0 radical (unpaired) electrons. The van der Waals surface area contributed by atoms with E-state index in [1.54, 1.807) is 7.11 Å². The lowest BCUT2D eigenvalue weighted by atomic mass is 10.0. The van der Waals surface area contributed by atoms with Crippen molar-refractivity contribution >= 4 is 5.91 Å². The summed E-state index contributed by atoms with van der Waals surface area (Å²) < 4.78 is 5.19. The normalized spacial score (nSPS) is 23.1. The number of benzene rings is 1. The molecule has 1 aromatic rings. The van der Waals surface area contributed by atoms with Crippen LogP contribution in [-0.2, 0) is 4.79 Å². The first-order valence-corrected chi connectivity index (χ1v) is 7.88. The molecule has 4 heteroatoms. The van der Waals surface area contributed by atoms with Gasteiger partial charge in [-0.15, -0.1) is 0 Å². The summed E-state index contributed by atoms with van der Waals surface area (Å²) in [5.41, 5.74) is 7.30. The minimum absolute atomic E-state index is 0.0506. The summed E-state index contributed by atoms with van der Waals surface area (Å²) in [6.07, 6.45) is 4.99. The Morgan fingerprint density at radius 3 is 2.67 bits per heavy atom. The summed E-state index contributed by atoms with van der Waals surface area (Å²) >= 11 is 0. The van der Waals surface area contributed by atoms with Gasteiger partial charge in [0.2, 0.25) is 5.91 Å². The standard InChI is InChI=1S/C17H24N2O2/c1-21-14-8-6-13(7-9-14)16-3-2-10-19(16)17(20)11-15(18)12-4-5-12/h6-9,12,15-16H,2-5,10-11,18H2,1H3. The van der Waals surface area contributed by atoms with E-state index >= 15 is 0 Å². The average molecular weight is 288 g/mol. The second-order valence-electron chi connectivity index (χ2n) is 6.22. The molecular weight excluding hydrogens is 264 g/mol. The van der Waals surface area contributed by atoms with Gasteiger partial charge in [-0.1, -0.05) is 12.1 Å². The van der Waals surface area contributed by atoms with Crippen molar-refractivity contribution in [2.75, 3.05) is 13.7 Å². The van der Waals surface area contributed by atoms with Crippen LogP contribution >= 0.6 is 0 Å². The van der Waals surface area contributed by atoms with Crippen LogP contribution in [-0.4, -0.2) is 30.5 Å². The number of likely N-dealkylation sites (tertiary alicyclic amines) is 1. The van der Waals surface area contributed by atoms with Crippen molar-refractivity contribution in [2.45, 2.75) is 44.2 Å². The van der Waals surface area contributed by atoms with Crippen LogP contribution in [0.2, 0.25) is 0 Å². The number of ether oxygens (including phenoxy) is 1. The van der Waals surface area contributed by atoms with Gasteiger partial charge >= 0.3 is 0 Å². The zero-order valence-electron chi connectivity index (χ0n) is 12.6. The Bertz CT molecular complexity index is 496. The fourth-order valence-corrected chi connectivity index (χ4v) is 3.25. The van der Waals surface area contributed by atoms with E-state index < -0.39 is 0 Å². The molecule has 1 heterocycles. The number of methoxy groups -OCH3 is 1. The largest absolute Gasteiger partial charge is 0.497 e. The first-order valence-electron chi connectivity index (χ1n) is 7.88. The second kappa shape index (κ2) is 6.06. The number of carbonyl (C=O) groups is 1. The molecule has 114 valence electrons. The molecule has 1 saturated carbocycles. The third kappa shape index (κ3) is 3.21. The second-order valence-corrected chi connectivity index (χ2v) is 6.22. The zero-order chi connectivity index (χ0) is 14.8. The van der Waals surface area contributed by atoms with Crippen LogP contribution in [0.1, 0.15) is 43.7 Å². The van der Waals surface area contributed by atoms with E-state index in [1.807, 2.05) is 17.0 Å². The van der Waals surface area contributed by atoms with Gasteiger partial charge in [0.1, 0.15) is 5.75 Å². The predicted octanol–water partition coefficient (Wildman–Crippen LogP) is 2.49. The molecule has 2 aliphatic rings. The van der Waals surface area contributed by atoms with Crippen LogP contribution < -0.4 is 10.5 Å². The van der Waals surface area contributed by atoms with Crippen molar-refractivity contribution in [3.8, 4) is 5.75 Å². The Morgan fingerprint density at radius 1 is 1.33 bits per heavy atom. The Balaban J connectivity index is 1.67. The van der Waals surface area contributed by atoms with Gasteiger partial charge in [0.25, 0.3) is 0 Å². The Hall–Kier alpha value is -1.55. The third-order valence-corrected chi connectivity index (χ3v) is 4.71. The Morgan fingerprint density at radius 2 is 2.05 bits per heavy atom. The highest BCUT2D eigenvalue weighted by Crippen LogP contribution is 2.36. The number of nitrogens with zero attached hydrogens (tertiary/aromatic N) is 1. The predicted molar refractivity (Wildman–Crippen MR) is 82.0 cm³/mol. The summed E-state index contributed by atoms with van der Waals surface area (Å²) in [7, 11) is 1.67. The monoisotopic (exact) mass is 288 g/mol. The van der Waals surface area contributed by atoms with Gasteiger partial charge < -0.3 is 15.4 Å². The molecule has 1 amide bonds. The number of nitrogens with two attached hydrogens (primary N) is 1. The molecule has 2 unspecified atom stereocenters. The molecule has 3 rings (SSSR count). The third-order valence-electron chi connectivity index (χ3n) is 4.71. The lowest BCUT2D eigenvalue weighted by Crippen LogP contribution is -2.36. The molecule has 2 N–H and O–H groups in total. The van der Waals surface area contributed by atoms with E-state index in [9.17, 15) is 4.79 Å². The molecule has 1 aliphatic carbocycles. The first kappa shape index (κ1) is 14.4. The van der Waals surface area contributed by atoms with E-state index in [-0.39, 0.29) is 18.0 Å². The fraction of sp³-hybridized carbons (Fsp3) is 0.588. The van der Waals surface area contributed by atoms with Gasteiger partial charge in [0.15, 0.2) is 0 Å². The quantitative estimate of drug-likeness (QED) is 0.905. The van der Waals surface area contributed by atoms with Crippen LogP contribution in [0.4, 0.5) is 0 Å². The van der Waals surface area contributed by atoms with E-state index in [1.165, 1.54) is 18.4 Å². The van der Waals surface area contributed by atoms with Crippen LogP contribution in [0, 0.1) is 5.92 Å². The number of hydrogen-bond acceptors (Lipinski definition) is 3. The molecule has 1 aliphatic heterocycles. The van der Waals surface area contributed by atoms with Crippen molar-refractivity contribution in [1.29, 1.82) is 0 Å². The zero-order valence-corrected chi connectivity index (χ0v) is 12.6. The fourth-order valence-electron chi connectivity index (χ4n) is 3.25. The van der Waals surface area contributed by atoms with Crippen molar-refractivity contribution < 1.29 is 9.53 Å². The molecule has 4 nitrogen and oxygen atoms in total. The number of amides is 1. The summed E-state index contributed by atoms with van der Waals surface area (Å²) in [6.45, 7) is 0.854. The highest BCUT2D eigenvalue weighted by Gasteiger charge is 2.34. The summed E-state index contributed by atoms with van der Waals surface area (Å²) in [5, 5.41) is 0. The van der Waals surface area contributed by atoms with Gasteiger partial charge in [-0.05, 0) is 49.3 Å². The van der Waals surface area contributed by atoms with E-state index in [0.717, 1.165) is 25.1 Å². The van der Waals surface area contributed by atoms with Crippen LogP contribution in [0.5, 0.6) is 5.75 Å². The highest BCUT2D eigenvalue weighted by molar-refractivity contribution is 5.77. The topological polar surface area (TPSA) is 55.6 Å². The molecule has 2 atom stereocenters. The summed E-state index contributed by atoms with van der Waals surface area (Å²) in [4.78, 5) is 14.5. The van der Waals surface area contributed by atoms with Gasteiger partial charge in [-0.2, -0.15) is 0 Å². The molecule has 2 fully saturated rings. The minimum Gasteiger partial charge on any atom is -0.497 e. The van der Waals surface area contributed by atoms with E-state index in [2.05, 4.69) is 12.1 Å². The Labute approximate surface area is 126 Å². The maximum absolute atomic E-state index is 12.5. The molecule has 0 spiro atoms. The average Bonchev–Trinajstić information content (AvgIpc) is 3.24. The van der Waals surface area contributed by atoms with Crippen molar-refractivity contribution in [1.82, 2.24) is 4.90 Å². The van der Waals surface area contributed by atoms with E-state index in [4.69, 9.17) is 10.5 Å². The van der Waals surface area contributed by atoms with Crippen molar-refractivity contribution in [2.24, 2.45) is 11.7 Å². The number of carbonyl (C=O) groups excluding carboxylic acids is 1. The molecule has 1 saturated heterocycles. The van der Waals surface area contributed by atoms with Crippen LogP contribution in [0.3, 0.4) is 0 Å².